The van der Waals surface area contributed by atoms with Gasteiger partial charge in [0.2, 0.25) is 0 Å². The van der Waals surface area contributed by atoms with E-state index >= 15 is 0 Å². The summed E-state index contributed by atoms with van der Waals surface area (Å²) in [5.74, 6) is 0. The number of rotatable bonds is 5. The summed E-state index contributed by atoms with van der Waals surface area (Å²) in [6.07, 6.45) is 4.07. The van der Waals surface area contributed by atoms with E-state index < -0.39 is 0 Å². The first-order valence-corrected chi connectivity index (χ1v) is 7.00. The van der Waals surface area contributed by atoms with Crippen LogP contribution in [-0.2, 0) is 12.0 Å². The Morgan fingerprint density at radius 1 is 1.50 bits per heavy atom. The second-order valence-corrected chi connectivity index (χ2v) is 6.47. The van der Waals surface area contributed by atoms with Crippen molar-refractivity contribution in [2.24, 2.45) is 0 Å². The highest BCUT2D eigenvalue weighted by Crippen LogP contribution is 2.23. The lowest BCUT2D eigenvalue weighted by molar-refractivity contribution is 0.554. The summed E-state index contributed by atoms with van der Waals surface area (Å²) < 4.78 is 0. The summed E-state index contributed by atoms with van der Waals surface area (Å²) in [7, 11) is 0. The van der Waals surface area contributed by atoms with E-state index in [1.165, 1.54) is 11.3 Å². The quantitative estimate of drug-likeness (QED) is 0.832. The van der Waals surface area contributed by atoms with E-state index in [0.29, 0.717) is 5.25 Å². The van der Waals surface area contributed by atoms with Crippen LogP contribution in [0.4, 0.5) is 0 Å². The Bertz CT molecular complexity index is 314. The molecule has 4 heteroatoms. The molecule has 0 amide bonds. The SMILES string of the molecule is CSC(C)CNCc1cn[nH]c1C(C)(C)C. The van der Waals surface area contributed by atoms with Crippen LogP contribution in [-0.4, -0.2) is 28.2 Å². The topological polar surface area (TPSA) is 40.7 Å². The van der Waals surface area contributed by atoms with Gasteiger partial charge in [-0.2, -0.15) is 16.9 Å². The van der Waals surface area contributed by atoms with E-state index in [9.17, 15) is 0 Å². The molecule has 0 saturated carbocycles. The fourth-order valence-electron chi connectivity index (χ4n) is 1.59. The maximum atomic E-state index is 4.14. The molecule has 0 aliphatic rings. The fraction of sp³-hybridized carbons (Fsp3) is 0.750. The van der Waals surface area contributed by atoms with Crippen molar-refractivity contribution >= 4 is 11.8 Å². The van der Waals surface area contributed by atoms with Crippen LogP contribution >= 0.6 is 11.8 Å². The van der Waals surface area contributed by atoms with Crippen LogP contribution in [0.2, 0.25) is 0 Å². The zero-order valence-corrected chi connectivity index (χ0v) is 11.7. The summed E-state index contributed by atoms with van der Waals surface area (Å²) in [6.45, 7) is 10.8. The van der Waals surface area contributed by atoms with Gasteiger partial charge in [0.05, 0.1) is 6.20 Å². The number of nitrogens with zero attached hydrogens (tertiary/aromatic N) is 1. The maximum Gasteiger partial charge on any atom is 0.0535 e. The molecule has 0 spiro atoms. The van der Waals surface area contributed by atoms with Gasteiger partial charge in [-0.15, -0.1) is 0 Å². The number of aromatic amines is 1. The molecule has 0 aliphatic heterocycles. The molecule has 0 bridgehead atoms. The summed E-state index contributed by atoms with van der Waals surface area (Å²) >= 11 is 1.89. The summed E-state index contributed by atoms with van der Waals surface area (Å²) in [5.41, 5.74) is 2.65. The maximum absolute atomic E-state index is 4.14. The predicted molar refractivity (Wildman–Crippen MR) is 72.0 cm³/mol. The van der Waals surface area contributed by atoms with E-state index in [1.807, 2.05) is 18.0 Å². The molecule has 0 saturated heterocycles. The Morgan fingerprint density at radius 3 is 2.75 bits per heavy atom. The minimum atomic E-state index is 0.138. The third-order valence-corrected chi connectivity index (χ3v) is 3.59. The number of hydrogen-bond donors (Lipinski definition) is 2. The molecule has 0 aliphatic carbocycles. The lowest BCUT2D eigenvalue weighted by Crippen LogP contribution is -2.24. The van der Waals surface area contributed by atoms with Crippen molar-refractivity contribution in [2.45, 2.75) is 44.9 Å². The number of H-pyrrole nitrogens is 1. The number of hydrogen-bond acceptors (Lipinski definition) is 3. The first kappa shape index (κ1) is 13.6. The first-order valence-electron chi connectivity index (χ1n) is 5.71. The third-order valence-electron chi connectivity index (χ3n) is 2.62. The Labute approximate surface area is 103 Å². The average molecular weight is 241 g/mol. The average Bonchev–Trinajstić information content (AvgIpc) is 2.65. The molecule has 92 valence electrons. The third kappa shape index (κ3) is 3.83. The van der Waals surface area contributed by atoms with Crippen molar-refractivity contribution in [1.82, 2.24) is 15.5 Å². The molecule has 1 unspecified atom stereocenters. The van der Waals surface area contributed by atoms with E-state index in [0.717, 1.165) is 13.1 Å². The molecular formula is C12H23N3S. The van der Waals surface area contributed by atoms with Gasteiger partial charge in [-0.1, -0.05) is 27.7 Å². The Morgan fingerprint density at radius 2 is 2.19 bits per heavy atom. The number of aromatic nitrogens is 2. The minimum absolute atomic E-state index is 0.138. The summed E-state index contributed by atoms with van der Waals surface area (Å²) in [6, 6.07) is 0. The molecule has 16 heavy (non-hydrogen) atoms. The van der Waals surface area contributed by atoms with Gasteiger partial charge >= 0.3 is 0 Å². The molecule has 1 atom stereocenters. The lowest BCUT2D eigenvalue weighted by Gasteiger charge is -2.19. The van der Waals surface area contributed by atoms with Crippen molar-refractivity contribution in [1.29, 1.82) is 0 Å². The smallest absolute Gasteiger partial charge is 0.0535 e. The molecule has 0 radical (unpaired) electrons. The summed E-state index contributed by atoms with van der Waals surface area (Å²) in [4.78, 5) is 0. The van der Waals surface area contributed by atoms with Crippen LogP contribution in [0.15, 0.2) is 6.20 Å². The van der Waals surface area contributed by atoms with Crippen LogP contribution in [0.3, 0.4) is 0 Å². The fourth-order valence-corrected chi connectivity index (χ4v) is 1.87. The minimum Gasteiger partial charge on any atom is -0.311 e. The lowest BCUT2D eigenvalue weighted by atomic mass is 9.89. The van der Waals surface area contributed by atoms with Gasteiger partial charge in [0.25, 0.3) is 0 Å². The highest BCUT2D eigenvalue weighted by Gasteiger charge is 2.19. The molecule has 1 heterocycles. The van der Waals surface area contributed by atoms with Gasteiger partial charge < -0.3 is 5.32 Å². The van der Waals surface area contributed by atoms with Gasteiger partial charge in [0.15, 0.2) is 0 Å². The highest BCUT2D eigenvalue weighted by molar-refractivity contribution is 7.99. The van der Waals surface area contributed by atoms with Gasteiger partial charge in [-0.3, -0.25) is 5.10 Å². The monoisotopic (exact) mass is 241 g/mol. The molecule has 0 fully saturated rings. The van der Waals surface area contributed by atoms with Crippen LogP contribution in [0.1, 0.15) is 39.0 Å². The molecule has 1 aromatic heterocycles. The van der Waals surface area contributed by atoms with Gasteiger partial charge in [-0.25, -0.2) is 0 Å². The van der Waals surface area contributed by atoms with E-state index in [1.54, 1.807) is 0 Å². The first-order chi connectivity index (χ1) is 7.45. The standard InChI is InChI=1S/C12H23N3S/c1-9(16-5)6-13-7-10-8-14-15-11(10)12(2,3)4/h8-9,13H,6-7H2,1-5H3,(H,14,15). The van der Waals surface area contributed by atoms with Gasteiger partial charge in [0, 0.05) is 35.0 Å². The molecule has 3 nitrogen and oxygen atoms in total. The second-order valence-electron chi connectivity index (χ2n) is 5.20. The van der Waals surface area contributed by atoms with Crippen molar-refractivity contribution < 1.29 is 0 Å². The zero-order valence-electron chi connectivity index (χ0n) is 10.9. The zero-order chi connectivity index (χ0) is 12.2. The van der Waals surface area contributed by atoms with Crippen LogP contribution in [0, 0.1) is 0 Å². The highest BCUT2D eigenvalue weighted by atomic mass is 32.2. The Hall–Kier alpha value is -0.480. The van der Waals surface area contributed by atoms with Crippen molar-refractivity contribution in [3.05, 3.63) is 17.5 Å². The molecule has 2 N–H and O–H groups in total. The largest absolute Gasteiger partial charge is 0.311 e. The van der Waals surface area contributed by atoms with Crippen LogP contribution in [0.5, 0.6) is 0 Å². The van der Waals surface area contributed by atoms with Crippen molar-refractivity contribution in [2.75, 3.05) is 12.8 Å². The Balaban J connectivity index is 2.52. The Kier molecular flexibility index (Phi) is 4.87. The van der Waals surface area contributed by atoms with Crippen LogP contribution in [0.25, 0.3) is 0 Å². The van der Waals surface area contributed by atoms with Crippen LogP contribution < -0.4 is 5.32 Å². The van der Waals surface area contributed by atoms with Crippen molar-refractivity contribution in [3.8, 4) is 0 Å². The van der Waals surface area contributed by atoms with Gasteiger partial charge in [0.1, 0.15) is 0 Å². The number of nitrogens with one attached hydrogen (secondary N) is 2. The van der Waals surface area contributed by atoms with Crippen molar-refractivity contribution in [3.63, 3.8) is 0 Å². The predicted octanol–water partition coefficient (Wildman–Crippen LogP) is 2.55. The normalized spacial score (nSPS) is 14.1. The number of thioether (sulfide) groups is 1. The van der Waals surface area contributed by atoms with Gasteiger partial charge in [-0.05, 0) is 6.26 Å². The second kappa shape index (κ2) is 5.73. The molecule has 0 aromatic carbocycles. The molecule has 1 rings (SSSR count). The van der Waals surface area contributed by atoms with E-state index in [-0.39, 0.29) is 5.41 Å². The summed E-state index contributed by atoms with van der Waals surface area (Å²) in [5, 5.41) is 11.4. The molecular weight excluding hydrogens is 218 g/mol. The van der Waals surface area contributed by atoms with E-state index in [4.69, 9.17) is 0 Å². The van der Waals surface area contributed by atoms with E-state index in [2.05, 4.69) is 49.5 Å². The molecule has 1 aromatic rings.